The molecule has 24 heavy (non-hydrogen) atoms. The number of carbonyl (C=O) groups is 2. The Bertz CT molecular complexity index is 724. The van der Waals surface area contributed by atoms with Crippen molar-refractivity contribution in [1.82, 2.24) is 4.90 Å². The van der Waals surface area contributed by atoms with Crippen molar-refractivity contribution in [3.8, 4) is 0 Å². The van der Waals surface area contributed by atoms with Crippen molar-refractivity contribution in [2.24, 2.45) is 0 Å². The van der Waals surface area contributed by atoms with Gasteiger partial charge in [0.2, 0.25) is 5.91 Å². The van der Waals surface area contributed by atoms with Crippen molar-refractivity contribution in [1.29, 1.82) is 0 Å². The molecule has 2 aromatic rings. The van der Waals surface area contributed by atoms with E-state index >= 15 is 0 Å². The van der Waals surface area contributed by atoms with Gasteiger partial charge < -0.3 is 15.0 Å². The monoisotopic (exact) mass is 344 g/mol. The second kappa shape index (κ2) is 7.49. The molecule has 0 saturated carbocycles. The Morgan fingerprint density at radius 1 is 1.25 bits per heavy atom. The van der Waals surface area contributed by atoms with Crippen LogP contribution in [0.15, 0.2) is 35.7 Å². The lowest BCUT2D eigenvalue weighted by atomic mass is 10.1. The number of hydrogen-bond donors (Lipinski definition) is 1. The van der Waals surface area contributed by atoms with E-state index in [1.807, 2.05) is 4.90 Å². The van der Waals surface area contributed by atoms with Crippen LogP contribution in [0.5, 0.6) is 0 Å². The van der Waals surface area contributed by atoms with Crippen LogP contribution in [-0.2, 0) is 22.5 Å². The summed E-state index contributed by atoms with van der Waals surface area (Å²) in [6.07, 6.45) is 0.937. The zero-order valence-electron chi connectivity index (χ0n) is 13.6. The van der Waals surface area contributed by atoms with E-state index in [4.69, 9.17) is 4.74 Å². The van der Waals surface area contributed by atoms with E-state index in [-0.39, 0.29) is 18.4 Å². The standard InChI is InChI=1S/C18H20N2O3S/c1-2-23-18(22)13-3-5-15(6-4-13)19-11-17(21)20-9-7-16-14(12-20)8-10-24-16/h3-6,8,10,19H,2,7,9,11-12H2,1H3. The molecule has 126 valence electrons. The predicted molar refractivity (Wildman–Crippen MR) is 94.3 cm³/mol. The molecule has 0 fully saturated rings. The Morgan fingerprint density at radius 2 is 2.04 bits per heavy atom. The average molecular weight is 344 g/mol. The molecule has 3 rings (SSSR count). The summed E-state index contributed by atoms with van der Waals surface area (Å²) in [4.78, 5) is 27.2. The fourth-order valence-corrected chi connectivity index (χ4v) is 3.58. The molecule has 0 unspecified atom stereocenters. The molecule has 2 heterocycles. The molecule has 1 aliphatic rings. The van der Waals surface area contributed by atoms with E-state index in [9.17, 15) is 9.59 Å². The molecule has 0 bridgehead atoms. The molecule has 0 radical (unpaired) electrons. The molecule has 0 aliphatic carbocycles. The van der Waals surface area contributed by atoms with Crippen molar-refractivity contribution in [3.63, 3.8) is 0 Å². The molecule has 1 aromatic carbocycles. The topological polar surface area (TPSA) is 58.6 Å². The summed E-state index contributed by atoms with van der Waals surface area (Å²) in [5.41, 5.74) is 2.58. The summed E-state index contributed by atoms with van der Waals surface area (Å²) >= 11 is 1.77. The van der Waals surface area contributed by atoms with Crippen LogP contribution in [0.25, 0.3) is 0 Å². The van der Waals surface area contributed by atoms with Gasteiger partial charge in [-0.3, -0.25) is 4.79 Å². The molecular weight excluding hydrogens is 324 g/mol. The Balaban J connectivity index is 1.52. The molecule has 5 nitrogen and oxygen atoms in total. The first-order valence-electron chi connectivity index (χ1n) is 8.01. The fraction of sp³-hybridized carbons (Fsp3) is 0.333. The number of esters is 1. The van der Waals surface area contributed by atoms with Crippen molar-refractivity contribution >= 4 is 28.9 Å². The minimum absolute atomic E-state index is 0.0846. The van der Waals surface area contributed by atoms with Gasteiger partial charge in [0.15, 0.2) is 0 Å². The molecule has 1 aliphatic heterocycles. The molecule has 1 N–H and O–H groups in total. The van der Waals surface area contributed by atoms with Crippen molar-refractivity contribution in [2.45, 2.75) is 19.9 Å². The minimum Gasteiger partial charge on any atom is -0.462 e. The number of thiophene rings is 1. The number of rotatable bonds is 5. The minimum atomic E-state index is -0.333. The molecular formula is C18H20N2O3S. The Labute approximate surface area is 145 Å². The van der Waals surface area contributed by atoms with Crippen molar-refractivity contribution in [2.75, 3.05) is 25.0 Å². The van der Waals surface area contributed by atoms with Gasteiger partial charge in [-0.1, -0.05) is 0 Å². The first-order chi connectivity index (χ1) is 11.7. The highest BCUT2D eigenvalue weighted by atomic mass is 32.1. The van der Waals surface area contributed by atoms with Crippen molar-refractivity contribution < 1.29 is 14.3 Å². The van der Waals surface area contributed by atoms with E-state index < -0.39 is 0 Å². The maximum atomic E-state index is 12.4. The molecule has 0 spiro atoms. The van der Waals surface area contributed by atoms with Gasteiger partial charge in [-0.2, -0.15) is 0 Å². The van der Waals surface area contributed by atoms with Crippen LogP contribution in [-0.4, -0.2) is 36.5 Å². The molecule has 6 heteroatoms. The molecule has 1 aromatic heterocycles. The zero-order valence-corrected chi connectivity index (χ0v) is 14.4. The smallest absolute Gasteiger partial charge is 0.338 e. The van der Waals surface area contributed by atoms with Gasteiger partial charge in [0.1, 0.15) is 0 Å². The van der Waals surface area contributed by atoms with Gasteiger partial charge in [-0.15, -0.1) is 11.3 Å². The van der Waals surface area contributed by atoms with E-state index in [2.05, 4.69) is 16.8 Å². The molecule has 0 saturated heterocycles. The number of hydrogen-bond acceptors (Lipinski definition) is 5. The lowest BCUT2D eigenvalue weighted by Crippen LogP contribution is -2.38. The van der Waals surface area contributed by atoms with Crippen LogP contribution in [0.4, 0.5) is 5.69 Å². The second-order valence-electron chi connectivity index (χ2n) is 5.59. The summed E-state index contributed by atoms with van der Waals surface area (Å²) in [7, 11) is 0. The van der Waals surface area contributed by atoms with Gasteiger partial charge in [0.25, 0.3) is 0 Å². The number of amides is 1. The summed E-state index contributed by atoms with van der Waals surface area (Å²) in [5, 5.41) is 5.20. The SMILES string of the molecule is CCOC(=O)c1ccc(NCC(=O)N2CCc3sccc3C2)cc1. The van der Waals surface area contributed by atoms with Gasteiger partial charge in [-0.25, -0.2) is 4.79 Å². The van der Waals surface area contributed by atoms with Crippen LogP contribution >= 0.6 is 11.3 Å². The third-order valence-corrected chi connectivity index (χ3v) is 5.02. The van der Waals surface area contributed by atoms with Gasteiger partial charge in [0, 0.05) is 23.7 Å². The quantitative estimate of drug-likeness (QED) is 0.848. The van der Waals surface area contributed by atoms with Crippen LogP contribution in [0, 0.1) is 0 Å². The first-order valence-corrected chi connectivity index (χ1v) is 8.89. The number of nitrogens with one attached hydrogen (secondary N) is 1. The van der Waals surface area contributed by atoms with Crippen LogP contribution < -0.4 is 5.32 Å². The Kier molecular flexibility index (Phi) is 5.15. The zero-order chi connectivity index (χ0) is 16.9. The summed E-state index contributed by atoms with van der Waals surface area (Å²) in [6, 6.07) is 9.06. The van der Waals surface area contributed by atoms with Gasteiger partial charge in [-0.05, 0) is 54.6 Å². The van der Waals surface area contributed by atoms with Crippen LogP contribution in [0.3, 0.4) is 0 Å². The summed E-state index contributed by atoms with van der Waals surface area (Å²) in [6.45, 7) is 3.85. The third kappa shape index (κ3) is 3.76. The van der Waals surface area contributed by atoms with E-state index in [1.165, 1.54) is 10.4 Å². The normalized spacial score (nSPS) is 13.3. The highest BCUT2D eigenvalue weighted by Gasteiger charge is 2.21. The fourth-order valence-electron chi connectivity index (χ4n) is 2.69. The Hall–Kier alpha value is -2.34. The number of fused-ring (bicyclic) bond motifs is 1. The predicted octanol–water partition coefficient (Wildman–Crippen LogP) is 2.92. The lowest BCUT2D eigenvalue weighted by molar-refractivity contribution is -0.130. The van der Waals surface area contributed by atoms with E-state index in [0.29, 0.717) is 18.7 Å². The van der Waals surface area contributed by atoms with Crippen LogP contribution in [0.2, 0.25) is 0 Å². The Morgan fingerprint density at radius 3 is 2.79 bits per heavy atom. The molecule has 0 atom stereocenters. The maximum Gasteiger partial charge on any atom is 0.338 e. The summed E-state index contributed by atoms with van der Waals surface area (Å²) in [5.74, 6) is -0.249. The highest BCUT2D eigenvalue weighted by molar-refractivity contribution is 7.10. The summed E-state index contributed by atoms with van der Waals surface area (Å²) < 4.78 is 4.95. The maximum absolute atomic E-state index is 12.4. The number of carbonyl (C=O) groups excluding carboxylic acids is 2. The largest absolute Gasteiger partial charge is 0.462 e. The van der Waals surface area contributed by atoms with Gasteiger partial charge >= 0.3 is 5.97 Å². The third-order valence-electron chi connectivity index (χ3n) is 4.00. The lowest BCUT2D eigenvalue weighted by Gasteiger charge is -2.27. The number of ether oxygens (including phenoxy) is 1. The first kappa shape index (κ1) is 16.5. The number of nitrogens with zero attached hydrogens (tertiary/aromatic N) is 1. The number of benzene rings is 1. The van der Waals surface area contributed by atoms with E-state index in [0.717, 1.165) is 18.7 Å². The van der Waals surface area contributed by atoms with Crippen LogP contribution in [0.1, 0.15) is 27.7 Å². The van der Waals surface area contributed by atoms with E-state index in [1.54, 1.807) is 42.5 Å². The van der Waals surface area contributed by atoms with Crippen molar-refractivity contribution in [3.05, 3.63) is 51.7 Å². The second-order valence-corrected chi connectivity index (χ2v) is 6.59. The van der Waals surface area contributed by atoms with Gasteiger partial charge in [0.05, 0.1) is 18.7 Å². The number of anilines is 1. The molecule has 1 amide bonds. The average Bonchev–Trinajstić information content (AvgIpc) is 3.08. The highest BCUT2D eigenvalue weighted by Crippen LogP contribution is 2.24.